The Balaban J connectivity index is 1.50. The minimum absolute atomic E-state index is 0.174. The van der Waals surface area contributed by atoms with E-state index in [0.717, 1.165) is 16.3 Å². The van der Waals surface area contributed by atoms with Gasteiger partial charge in [0.05, 0.1) is 28.1 Å². The Morgan fingerprint density at radius 2 is 1.96 bits per heavy atom. The minimum Gasteiger partial charge on any atom is -0.321 e. The number of imidazole rings is 1. The number of thiophene rings is 1. The molecule has 0 bridgehead atoms. The van der Waals surface area contributed by atoms with E-state index in [-0.39, 0.29) is 11.6 Å². The molecule has 8 heteroatoms. The van der Waals surface area contributed by atoms with Crippen molar-refractivity contribution in [1.82, 2.24) is 19.7 Å². The molecular weight excluding hydrogens is 350 g/mol. The van der Waals surface area contributed by atoms with Crippen LogP contribution in [0.15, 0.2) is 41.2 Å². The Morgan fingerprint density at radius 3 is 2.73 bits per heavy atom. The quantitative estimate of drug-likeness (QED) is 0.517. The Kier molecular flexibility index (Phi) is 3.96. The van der Waals surface area contributed by atoms with Crippen LogP contribution < -0.4 is 11.0 Å². The first-order valence-corrected chi connectivity index (χ1v) is 8.93. The summed E-state index contributed by atoms with van der Waals surface area (Å²) in [5.41, 5.74) is 3.80. The second-order valence-corrected chi connectivity index (χ2v) is 7.31. The number of benzene rings is 1. The van der Waals surface area contributed by atoms with Crippen molar-refractivity contribution in [2.75, 3.05) is 5.32 Å². The van der Waals surface area contributed by atoms with Gasteiger partial charge in [-0.2, -0.15) is 5.10 Å². The molecule has 0 aliphatic heterocycles. The third-order valence-corrected chi connectivity index (χ3v) is 5.14. The molecule has 0 spiro atoms. The van der Waals surface area contributed by atoms with Crippen LogP contribution >= 0.6 is 11.3 Å². The van der Waals surface area contributed by atoms with E-state index >= 15 is 0 Å². The van der Waals surface area contributed by atoms with E-state index < -0.39 is 0 Å². The summed E-state index contributed by atoms with van der Waals surface area (Å²) in [6.07, 6.45) is 0. The van der Waals surface area contributed by atoms with Gasteiger partial charge in [-0.25, -0.2) is 4.79 Å². The zero-order chi connectivity index (χ0) is 18.3. The average Bonchev–Trinajstić information content (AvgIpc) is 3.26. The van der Waals surface area contributed by atoms with Crippen molar-refractivity contribution in [2.24, 2.45) is 0 Å². The highest BCUT2D eigenvalue weighted by Crippen LogP contribution is 2.21. The van der Waals surface area contributed by atoms with Gasteiger partial charge < -0.3 is 15.3 Å². The highest BCUT2D eigenvalue weighted by atomic mass is 32.1. The van der Waals surface area contributed by atoms with Gasteiger partial charge >= 0.3 is 5.69 Å². The summed E-state index contributed by atoms with van der Waals surface area (Å²) in [6, 6.07) is 11.0. The van der Waals surface area contributed by atoms with Crippen LogP contribution in [-0.2, 0) is 6.54 Å². The summed E-state index contributed by atoms with van der Waals surface area (Å²) >= 11 is 1.44. The molecule has 0 atom stereocenters. The van der Waals surface area contributed by atoms with Crippen LogP contribution in [0.1, 0.15) is 25.9 Å². The predicted molar refractivity (Wildman–Crippen MR) is 102 cm³/mol. The molecule has 0 aliphatic rings. The Morgan fingerprint density at radius 1 is 1.15 bits per heavy atom. The number of nitrogens with zero attached hydrogens (tertiary/aromatic N) is 2. The molecule has 0 saturated heterocycles. The van der Waals surface area contributed by atoms with E-state index in [9.17, 15) is 9.59 Å². The number of hydrogen-bond donors (Lipinski definition) is 3. The molecule has 26 heavy (non-hydrogen) atoms. The van der Waals surface area contributed by atoms with Crippen LogP contribution in [0, 0.1) is 13.8 Å². The van der Waals surface area contributed by atoms with Crippen molar-refractivity contribution in [3.05, 3.63) is 68.0 Å². The standard InChI is InChI=1S/C18H17N5O2S/c1-10-7-11(2)23(22-10)9-13-4-6-16(26-13)17(24)19-12-3-5-14-15(8-12)21-18(25)20-14/h3-8H,9H2,1-2H3,(H,19,24)(H2,20,21,25). The molecule has 7 nitrogen and oxygen atoms in total. The number of amides is 1. The van der Waals surface area contributed by atoms with Gasteiger partial charge in [-0.1, -0.05) is 0 Å². The number of hydrogen-bond acceptors (Lipinski definition) is 4. The molecular formula is C18H17N5O2S. The van der Waals surface area contributed by atoms with Crippen LogP contribution in [0.5, 0.6) is 0 Å². The maximum atomic E-state index is 12.5. The van der Waals surface area contributed by atoms with E-state index in [4.69, 9.17) is 0 Å². The largest absolute Gasteiger partial charge is 0.323 e. The molecule has 0 unspecified atom stereocenters. The Bertz CT molecular complexity index is 1160. The molecule has 0 aliphatic carbocycles. The number of aromatic nitrogens is 4. The zero-order valence-corrected chi connectivity index (χ0v) is 15.1. The van der Waals surface area contributed by atoms with Crippen molar-refractivity contribution in [1.29, 1.82) is 0 Å². The lowest BCUT2D eigenvalue weighted by molar-refractivity contribution is 0.103. The Labute approximate surface area is 152 Å². The summed E-state index contributed by atoms with van der Waals surface area (Å²) in [7, 11) is 0. The van der Waals surface area contributed by atoms with Gasteiger partial charge in [-0.15, -0.1) is 11.3 Å². The highest BCUT2D eigenvalue weighted by molar-refractivity contribution is 7.14. The predicted octanol–water partition coefficient (Wildman–Crippen LogP) is 3.03. The fraction of sp³-hybridized carbons (Fsp3) is 0.167. The lowest BCUT2D eigenvalue weighted by Gasteiger charge is -2.04. The van der Waals surface area contributed by atoms with E-state index in [1.807, 2.05) is 36.7 Å². The highest BCUT2D eigenvalue weighted by Gasteiger charge is 2.12. The number of nitrogens with one attached hydrogen (secondary N) is 3. The van der Waals surface area contributed by atoms with Crippen LogP contribution in [-0.4, -0.2) is 25.7 Å². The maximum absolute atomic E-state index is 12.5. The van der Waals surface area contributed by atoms with Crippen molar-refractivity contribution in [3.8, 4) is 0 Å². The van der Waals surface area contributed by atoms with Gasteiger partial charge in [0.1, 0.15) is 0 Å². The average molecular weight is 367 g/mol. The molecule has 3 N–H and O–H groups in total. The molecule has 1 amide bonds. The fourth-order valence-corrected chi connectivity index (χ4v) is 3.76. The summed E-state index contributed by atoms with van der Waals surface area (Å²) in [4.78, 5) is 30.9. The number of carbonyl (C=O) groups is 1. The van der Waals surface area contributed by atoms with Crippen LogP contribution in [0.4, 0.5) is 5.69 Å². The number of anilines is 1. The molecule has 1 aromatic carbocycles. The van der Waals surface area contributed by atoms with E-state index in [0.29, 0.717) is 28.1 Å². The molecule has 3 aromatic heterocycles. The smallest absolute Gasteiger partial charge is 0.321 e. The molecule has 0 radical (unpaired) electrons. The third-order valence-electron chi connectivity index (χ3n) is 4.07. The van der Waals surface area contributed by atoms with Gasteiger partial charge in [-0.3, -0.25) is 9.48 Å². The number of H-pyrrole nitrogens is 2. The maximum Gasteiger partial charge on any atom is 0.323 e. The van der Waals surface area contributed by atoms with Gasteiger partial charge in [0.15, 0.2) is 0 Å². The molecule has 0 fully saturated rings. The van der Waals surface area contributed by atoms with Gasteiger partial charge in [0, 0.05) is 16.3 Å². The van der Waals surface area contributed by atoms with E-state index in [2.05, 4.69) is 20.4 Å². The molecule has 0 saturated carbocycles. The number of fused-ring (bicyclic) bond motifs is 1. The fourth-order valence-electron chi connectivity index (χ4n) is 2.87. The Hall–Kier alpha value is -3.13. The second kappa shape index (κ2) is 6.30. The van der Waals surface area contributed by atoms with Crippen molar-refractivity contribution in [2.45, 2.75) is 20.4 Å². The van der Waals surface area contributed by atoms with Crippen molar-refractivity contribution < 1.29 is 4.79 Å². The van der Waals surface area contributed by atoms with Gasteiger partial charge in [-0.05, 0) is 50.2 Å². The number of carbonyl (C=O) groups excluding carboxylic acids is 1. The molecule has 4 rings (SSSR count). The lowest BCUT2D eigenvalue weighted by Crippen LogP contribution is -2.10. The van der Waals surface area contributed by atoms with E-state index in [1.54, 1.807) is 18.2 Å². The first kappa shape index (κ1) is 16.3. The normalized spacial score (nSPS) is 11.2. The van der Waals surface area contributed by atoms with Crippen molar-refractivity contribution >= 4 is 34.0 Å². The van der Waals surface area contributed by atoms with Crippen LogP contribution in [0.25, 0.3) is 11.0 Å². The monoisotopic (exact) mass is 367 g/mol. The lowest BCUT2D eigenvalue weighted by atomic mass is 10.2. The first-order valence-electron chi connectivity index (χ1n) is 8.11. The molecule has 4 aromatic rings. The third kappa shape index (κ3) is 3.18. The van der Waals surface area contributed by atoms with Gasteiger partial charge in [0.2, 0.25) is 0 Å². The summed E-state index contributed by atoms with van der Waals surface area (Å²) in [5, 5.41) is 7.31. The van der Waals surface area contributed by atoms with E-state index in [1.165, 1.54) is 11.3 Å². The molecule has 3 heterocycles. The van der Waals surface area contributed by atoms with Crippen molar-refractivity contribution in [3.63, 3.8) is 0 Å². The summed E-state index contributed by atoms with van der Waals surface area (Å²) < 4.78 is 1.93. The topological polar surface area (TPSA) is 95.6 Å². The summed E-state index contributed by atoms with van der Waals surface area (Å²) in [6.45, 7) is 4.63. The van der Waals surface area contributed by atoms with Crippen LogP contribution in [0.2, 0.25) is 0 Å². The number of aryl methyl sites for hydroxylation is 2. The van der Waals surface area contributed by atoms with Crippen LogP contribution in [0.3, 0.4) is 0 Å². The summed E-state index contributed by atoms with van der Waals surface area (Å²) in [5.74, 6) is -0.174. The minimum atomic E-state index is -0.268. The SMILES string of the molecule is Cc1cc(C)n(Cc2ccc(C(=O)Nc3ccc4[nH]c(=O)[nH]c4c3)s2)n1. The first-order chi connectivity index (χ1) is 12.5. The molecule has 132 valence electrons. The zero-order valence-electron chi connectivity index (χ0n) is 14.3. The second-order valence-electron chi connectivity index (χ2n) is 6.14. The van der Waals surface area contributed by atoms with Gasteiger partial charge in [0.25, 0.3) is 5.91 Å². The number of rotatable bonds is 4. The number of aromatic amines is 2.